The van der Waals surface area contributed by atoms with Crippen molar-refractivity contribution in [3.8, 4) is 24.0 Å². The van der Waals surface area contributed by atoms with Crippen LogP contribution in [0.1, 0.15) is 65.8 Å². The lowest BCUT2D eigenvalue weighted by Gasteiger charge is -2.28. The second-order valence-electron chi connectivity index (χ2n) is 9.15. The molecule has 0 amide bonds. The molecule has 35 heavy (non-hydrogen) atoms. The Bertz CT molecular complexity index is 1060. The van der Waals surface area contributed by atoms with Gasteiger partial charge in [-0.25, -0.2) is 0 Å². The quantitative estimate of drug-likeness (QED) is 0.372. The topological polar surface area (TPSA) is 87.1 Å². The summed E-state index contributed by atoms with van der Waals surface area (Å²) in [5.41, 5.74) is 1.45. The molecule has 2 atom stereocenters. The molecule has 0 bridgehead atoms. The van der Waals surface area contributed by atoms with Crippen LogP contribution in [-0.2, 0) is 0 Å². The third-order valence-electron chi connectivity index (χ3n) is 6.88. The van der Waals surface area contributed by atoms with E-state index in [1.807, 2.05) is 19.1 Å². The maximum Gasteiger partial charge on any atom is 0.119 e. The van der Waals surface area contributed by atoms with E-state index in [0.29, 0.717) is 30.6 Å². The molecule has 6 nitrogen and oxygen atoms in total. The minimum absolute atomic E-state index is 0.452. The Balaban J connectivity index is 1.45. The SMILES string of the molecule is CCC(CCCN1CCC(N(CCC#N)CCOc2ccc(C#N)cc2)C1)c1cc(C#N)c(C)s1. The molecular weight excluding hydrogens is 454 g/mol. The molecule has 2 heterocycles. The lowest BCUT2D eigenvalue weighted by atomic mass is 9.98. The Morgan fingerprint density at radius 2 is 1.97 bits per heavy atom. The van der Waals surface area contributed by atoms with Crippen molar-refractivity contribution in [2.75, 3.05) is 39.3 Å². The number of hydrogen-bond acceptors (Lipinski definition) is 7. The first-order valence-corrected chi connectivity index (χ1v) is 13.4. The monoisotopic (exact) mass is 489 g/mol. The number of ether oxygens (including phenoxy) is 1. The Labute approximate surface area is 214 Å². The molecule has 3 rings (SSSR count). The van der Waals surface area contributed by atoms with Gasteiger partial charge in [-0.05, 0) is 81.9 Å². The van der Waals surface area contributed by atoms with Crippen LogP contribution in [0.4, 0.5) is 0 Å². The molecule has 1 aromatic heterocycles. The molecule has 1 saturated heterocycles. The van der Waals surface area contributed by atoms with Crippen molar-refractivity contribution in [3.63, 3.8) is 0 Å². The van der Waals surface area contributed by atoms with Gasteiger partial charge in [0.25, 0.3) is 0 Å². The van der Waals surface area contributed by atoms with Crippen LogP contribution in [0.3, 0.4) is 0 Å². The summed E-state index contributed by atoms with van der Waals surface area (Å²) in [5.74, 6) is 1.30. The largest absolute Gasteiger partial charge is 0.492 e. The Hall–Kier alpha value is -2.89. The Kier molecular flexibility index (Phi) is 10.6. The smallest absolute Gasteiger partial charge is 0.119 e. The highest BCUT2D eigenvalue weighted by Gasteiger charge is 2.27. The van der Waals surface area contributed by atoms with E-state index in [2.05, 4.69) is 41.0 Å². The summed E-state index contributed by atoms with van der Waals surface area (Å²) in [6.07, 6.45) is 5.06. The summed E-state index contributed by atoms with van der Waals surface area (Å²) in [5, 5.41) is 27.3. The molecule has 1 aromatic carbocycles. The van der Waals surface area contributed by atoms with Crippen LogP contribution >= 0.6 is 11.3 Å². The Morgan fingerprint density at radius 1 is 1.17 bits per heavy atom. The minimum Gasteiger partial charge on any atom is -0.492 e. The highest BCUT2D eigenvalue weighted by molar-refractivity contribution is 7.12. The lowest BCUT2D eigenvalue weighted by molar-refractivity contribution is 0.160. The number of benzene rings is 1. The summed E-state index contributed by atoms with van der Waals surface area (Å²) in [6, 6.07) is 16.5. The summed E-state index contributed by atoms with van der Waals surface area (Å²) in [4.78, 5) is 7.44. The van der Waals surface area contributed by atoms with E-state index in [1.54, 1.807) is 23.5 Å². The van der Waals surface area contributed by atoms with Crippen molar-refractivity contribution in [2.45, 2.75) is 57.9 Å². The maximum atomic E-state index is 9.27. The average Bonchev–Trinajstić information content (AvgIpc) is 3.50. The molecule has 0 saturated carbocycles. The molecule has 1 fully saturated rings. The number of hydrogen-bond donors (Lipinski definition) is 0. The zero-order chi connectivity index (χ0) is 25.0. The van der Waals surface area contributed by atoms with Gasteiger partial charge in [0.05, 0.1) is 23.3 Å². The van der Waals surface area contributed by atoms with Crippen LogP contribution in [0, 0.1) is 40.9 Å². The van der Waals surface area contributed by atoms with Gasteiger partial charge in [-0.3, -0.25) is 4.90 Å². The number of likely N-dealkylation sites (tertiary alicyclic amines) is 1. The first kappa shape index (κ1) is 26.7. The van der Waals surface area contributed by atoms with Gasteiger partial charge in [-0.2, -0.15) is 15.8 Å². The fourth-order valence-corrected chi connectivity index (χ4v) is 6.01. The summed E-state index contributed by atoms with van der Waals surface area (Å²) >= 11 is 1.78. The highest BCUT2D eigenvalue weighted by Crippen LogP contribution is 2.33. The van der Waals surface area contributed by atoms with Gasteiger partial charge in [0, 0.05) is 41.9 Å². The fourth-order valence-electron chi connectivity index (χ4n) is 4.82. The lowest BCUT2D eigenvalue weighted by Crippen LogP contribution is -2.40. The fraction of sp³-hybridized carbons (Fsp3) is 0.536. The third-order valence-corrected chi connectivity index (χ3v) is 8.10. The van der Waals surface area contributed by atoms with Gasteiger partial charge in [0.2, 0.25) is 0 Å². The van der Waals surface area contributed by atoms with Crippen molar-refractivity contribution < 1.29 is 4.74 Å². The number of thiophene rings is 1. The number of rotatable bonds is 13. The maximum absolute atomic E-state index is 9.27. The van der Waals surface area contributed by atoms with Crippen LogP contribution in [0.25, 0.3) is 0 Å². The molecule has 1 aliphatic heterocycles. The number of nitrogens with zero attached hydrogens (tertiary/aromatic N) is 5. The van der Waals surface area contributed by atoms with Crippen LogP contribution in [-0.4, -0.2) is 55.2 Å². The van der Waals surface area contributed by atoms with Gasteiger partial charge in [-0.1, -0.05) is 6.92 Å². The molecule has 0 radical (unpaired) electrons. The number of nitriles is 3. The van der Waals surface area contributed by atoms with Crippen LogP contribution in [0.15, 0.2) is 30.3 Å². The molecule has 1 aliphatic rings. The van der Waals surface area contributed by atoms with Crippen LogP contribution in [0.2, 0.25) is 0 Å². The molecule has 184 valence electrons. The molecule has 2 unspecified atom stereocenters. The van der Waals surface area contributed by atoms with Gasteiger partial charge in [0.15, 0.2) is 0 Å². The zero-order valence-corrected chi connectivity index (χ0v) is 21.7. The van der Waals surface area contributed by atoms with Crippen molar-refractivity contribution in [2.24, 2.45) is 0 Å². The van der Waals surface area contributed by atoms with E-state index in [0.717, 1.165) is 74.6 Å². The molecule has 2 aromatic rings. The van der Waals surface area contributed by atoms with E-state index in [1.165, 1.54) is 4.88 Å². The van der Waals surface area contributed by atoms with Crippen molar-refractivity contribution in [3.05, 3.63) is 51.2 Å². The highest BCUT2D eigenvalue weighted by atomic mass is 32.1. The summed E-state index contributed by atoms with van der Waals surface area (Å²) < 4.78 is 5.90. The second-order valence-corrected chi connectivity index (χ2v) is 10.4. The summed E-state index contributed by atoms with van der Waals surface area (Å²) in [6.45, 7) is 9.63. The van der Waals surface area contributed by atoms with E-state index in [9.17, 15) is 5.26 Å². The van der Waals surface area contributed by atoms with Gasteiger partial charge in [0.1, 0.15) is 18.4 Å². The second kappa shape index (κ2) is 13.9. The standard InChI is InChI=1S/C28H35N5OS/c1-3-24(28-18-25(20-31)22(2)35-28)6-4-13-32-15-11-26(21-32)33(14-5-12-29)16-17-34-27-9-7-23(19-30)8-10-27/h7-10,18,24,26H,3-6,11,13-17,21H2,1-2H3. The van der Waals surface area contributed by atoms with E-state index < -0.39 is 0 Å². The normalized spacial score (nSPS) is 16.5. The molecule has 0 aliphatic carbocycles. The molecular formula is C28H35N5OS. The average molecular weight is 490 g/mol. The van der Waals surface area contributed by atoms with Crippen molar-refractivity contribution >= 4 is 11.3 Å². The van der Waals surface area contributed by atoms with Crippen molar-refractivity contribution in [1.82, 2.24) is 9.80 Å². The summed E-state index contributed by atoms with van der Waals surface area (Å²) in [7, 11) is 0. The van der Waals surface area contributed by atoms with Gasteiger partial charge >= 0.3 is 0 Å². The predicted octanol–water partition coefficient (Wildman–Crippen LogP) is 5.44. The van der Waals surface area contributed by atoms with E-state index >= 15 is 0 Å². The van der Waals surface area contributed by atoms with Gasteiger partial charge < -0.3 is 9.64 Å². The first-order chi connectivity index (χ1) is 17.1. The third kappa shape index (κ3) is 7.81. The van der Waals surface area contributed by atoms with Crippen molar-refractivity contribution in [1.29, 1.82) is 15.8 Å². The molecule has 7 heteroatoms. The van der Waals surface area contributed by atoms with Crippen LogP contribution < -0.4 is 4.74 Å². The van der Waals surface area contributed by atoms with E-state index in [4.69, 9.17) is 15.3 Å². The first-order valence-electron chi connectivity index (χ1n) is 12.5. The minimum atomic E-state index is 0.452. The van der Waals surface area contributed by atoms with Gasteiger partial charge in [-0.15, -0.1) is 11.3 Å². The van der Waals surface area contributed by atoms with Crippen LogP contribution in [0.5, 0.6) is 5.75 Å². The molecule has 0 N–H and O–H groups in total. The zero-order valence-electron chi connectivity index (χ0n) is 20.9. The predicted molar refractivity (Wildman–Crippen MR) is 139 cm³/mol. The number of aryl methyl sites for hydroxylation is 1. The van der Waals surface area contributed by atoms with E-state index in [-0.39, 0.29) is 0 Å². The Morgan fingerprint density at radius 3 is 2.63 bits per heavy atom. The molecule has 0 spiro atoms.